The predicted molar refractivity (Wildman–Crippen MR) is 126 cm³/mol. The van der Waals surface area contributed by atoms with E-state index in [0.29, 0.717) is 25.7 Å². The molecule has 2 amide bonds. The molecule has 34 heavy (non-hydrogen) atoms. The number of ether oxygens (including phenoxy) is 1. The van der Waals surface area contributed by atoms with Gasteiger partial charge in [0.05, 0.1) is 12.0 Å². The summed E-state index contributed by atoms with van der Waals surface area (Å²) in [6.07, 6.45) is 4.27. The third-order valence-corrected chi connectivity index (χ3v) is 7.55. The molecule has 0 aromatic heterocycles. The maximum atomic E-state index is 13.3. The molecule has 0 saturated heterocycles. The number of carbonyl (C=O) groups is 3. The number of aliphatic carboxylic acids is 1. The Bertz CT molecular complexity index is 1070. The van der Waals surface area contributed by atoms with Crippen LogP contribution in [0.5, 0.6) is 0 Å². The number of fused-ring (bicyclic) bond motifs is 3. The standard InChI is InChI=1S/C27H30N2O5/c30-23(31)16-26(14-15-26)28-24(32)27(12-6-1-7-13-27)29-25(33)34-17-22-20-10-4-2-8-18(20)19-9-3-5-11-21(19)22/h2-5,8-11,22H,1,6-7,12-17H2,(H,28,32)(H,29,33)(H,30,31). The number of hydrogen-bond donors (Lipinski definition) is 3. The Morgan fingerprint density at radius 2 is 1.44 bits per heavy atom. The lowest BCUT2D eigenvalue weighted by molar-refractivity contribution is -0.138. The van der Waals surface area contributed by atoms with Crippen molar-refractivity contribution in [3.8, 4) is 11.1 Å². The van der Waals surface area contributed by atoms with Gasteiger partial charge < -0.3 is 20.5 Å². The minimum absolute atomic E-state index is 0.0559. The topological polar surface area (TPSA) is 105 Å². The number of rotatable bonds is 7. The lowest BCUT2D eigenvalue weighted by Gasteiger charge is -2.37. The van der Waals surface area contributed by atoms with E-state index >= 15 is 0 Å². The van der Waals surface area contributed by atoms with Gasteiger partial charge >= 0.3 is 12.1 Å². The SMILES string of the molecule is O=C(O)CC1(NC(=O)C2(NC(=O)OCC3c4ccccc4-c4ccccc43)CCCCC2)CC1. The quantitative estimate of drug-likeness (QED) is 0.567. The summed E-state index contributed by atoms with van der Waals surface area (Å²) in [5.41, 5.74) is 2.83. The van der Waals surface area contributed by atoms with E-state index in [4.69, 9.17) is 4.74 Å². The summed E-state index contributed by atoms with van der Waals surface area (Å²) in [6.45, 7) is 0.181. The number of carboxylic acid groups (broad SMARTS) is 1. The highest BCUT2D eigenvalue weighted by molar-refractivity contribution is 5.91. The minimum atomic E-state index is -1.06. The first-order valence-electron chi connectivity index (χ1n) is 12.1. The van der Waals surface area contributed by atoms with E-state index in [-0.39, 0.29) is 24.9 Å². The molecule has 7 nitrogen and oxygen atoms in total. The second kappa shape index (κ2) is 8.78. The molecule has 178 valence electrons. The third-order valence-electron chi connectivity index (χ3n) is 7.55. The van der Waals surface area contributed by atoms with Crippen molar-refractivity contribution < 1.29 is 24.2 Å². The third kappa shape index (κ3) is 4.27. The Balaban J connectivity index is 1.28. The molecule has 2 fully saturated rings. The van der Waals surface area contributed by atoms with Crippen LogP contribution in [0.1, 0.15) is 68.4 Å². The molecule has 2 aromatic rings. The number of benzene rings is 2. The fourth-order valence-electron chi connectivity index (χ4n) is 5.54. The van der Waals surface area contributed by atoms with E-state index in [1.165, 1.54) is 0 Å². The molecular formula is C27H30N2O5. The van der Waals surface area contributed by atoms with E-state index in [1.54, 1.807) is 0 Å². The number of carboxylic acids is 1. The average Bonchev–Trinajstić information content (AvgIpc) is 3.49. The molecule has 0 heterocycles. The van der Waals surface area contributed by atoms with Gasteiger partial charge in [-0.25, -0.2) is 4.79 Å². The Hall–Kier alpha value is -3.35. The van der Waals surface area contributed by atoms with Gasteiger partial charge in [0.25, 0.3) is 0 Å². The molecular weight excluding hydrogens is 432 g/mol. The van der Waals surface area contributed by atoms with Crippen molar-refractivity contribution in [3.63, 3.8) is 0 Å². The Kier molecular flexibility index (Phi) is 5.80. The van der Waals surface area contributed by atoms with Gasteiger partial charge in [-0.1, -0.05) is 67.8 Å². The average molecular weight is 463 g/mol. The zero-order chi connectivity index (χ0) is 23.8. The van der Waals surface area contributed by atoms with Gasteiger partial charge in [-0.15, -0.1) is 0 Å². The zero-order valence-corrected chi connectivity index (χ0v) is 19.1. The molecule has 2 saturated carbocycles. The lowest BCUT2D eigenvalue weighted by Crippen LogP contribution is -2.61. The van der Waals surface area contributed by atoms with Crippen LogP contribution in [0.3, 0.4) is 0 Å². The van der Waals surface area contributed by atoms with Crippen LogP contribution in [0.2, 0.25) is 0 Å². The van der Waals surface area contributed by atoms with E-state index < -0.39 is 23.1 Å². The van der Waals surface area contributed by atoms with Crippen molar-refractivity contribution in [2.45, 2.75) is 68.4 Å². The van der Waals surface area contributed by atoms with Gasteiger partial charge in [-0.05, 0) is 47.9 Å². The van der Waals surface area contributed by atoms with Gasteiger partial charge in [0.2, 0.25) is 5.91 Å². The number of amides is 2. The van der Waals surface area contributed by atoms with Crippen molar-refractivity contribution in [2.75, 3.05) is 6.61 Å². The van der Waals surface area contributed by atoms with Gasteiger partial charge in [0.15, 0.2) is 0 Å². The van der Waals surface area contributed by atoms with Crippen molar-refractivity contribution in [1.82, 2.24) is 10.6 Å². The van der Waals surface area contributed by atoms with Crippen LogP contribution in [0.25, 0.3) is 11.1 Å². The monoisotopic (exact) mass is 462 g/mol. The van der Waals surface area contributed by atoms with Crippen LogP contribution in [0, 0.1) is 0 Å². The summed E-state index contributed by atoms with van der Waals surface area (Å²) < 4.78 is 5.70. The molecule has 3 aliphatic carbocycles. The number of hydrogen-bond acceptors (Lipinski definition) is 4. The van der Waals surface area contributed by atoms with Crippen molar-refractivity contribution in [3.05, 3.63) is 59.7 Å². The number of alkyl carbamates (subject to hydrolysis) is 1. The molecule has 3 N–H and O–H groups in total. The molecule has 3 aliphatic rings. The van der Waals surface area contributed by atoms with Crippen LogP contribution >= 0.6 is 0 Å². The van der Waals surface area contributed by atoms with Crippen LogP contribution in [0.4, 0.5) is 4.79 Å². The highest BCUT2D eigenvalue weighted by Gasteiger charge is 2.50. The molecule has 0 atom stereocenters. The summed E-state index contributed by atoms with van der Waals surface area (Å²) in [4.78, 5) is 37.5. The molecule has 5 rings (SSSR count). The Morgan fingerprint density at radius 3 is 2.00 bits per heavy atom. The zero-order valence-electron chi connectivity index (χ0n) is 19.1. The van der Waals surface area contributed by atoms with E-state index in [0.717, 1.165) is 41.5 Å². The first-order valence-corrected chi connectivity index (χ1v) is 12.1. The fourth-order valence-corrected chi connectivity index (χ4v) is 5.54. The first kappa shape index (κ1) is 22.4. The van der Waals surface area contributed by atoms with Crippen molar-refractivity contribution >= 4 is 18.0 Å². The molecule has 2 aromatic carbocycles. The van der Waals surface area contributed by atoms with E-state index in [9.17, 15) is 19.5 Å². The van der Waals surface area contributed by atoms with Crippen molar-refractivity contribution in [2.24, 2.45) is 0 Å². The molecule has 0 bridgehead atoms. The maximum Gasteiger partial charge on any atom is 0.408 e. The highest BCUT2D eigenvalue weighted by Crippen LogP contribution is 2.44. The molecule has 0 radical (unpaired) electrons. The van der Waals surface area contributed by atoms with Crippen LogP contribution in [-0.4, -0.2) is 40.8 Å². The van der Waals surface area contributed by atoms with Gasteiger partial charge in [-0.2, -0.15) is 0 Å². The van der Waals surface area contributed by atoms with E-state index in [1.807, 2.05) is 24.3 Å². The van der Waals surface area contributed by atoms with Crippen LogP contribution < -0.4 is 10.6 Å². The normalized spacial score (nSPS) is 19.4. The lowest BCUT2D eigenvalue weighted by atomic mass is 9.80. The Labute approximate surface area is 198 Å². The van der Waals surface area contributed by atoms with Crippen molar-refractivity contribution in [1.29, 1.82) is 0 Å². The molecule has 7 heteroatoms. The summed E-state index contributed by atoms with van der Waals surface area (Å²) in [6, 6.07) is 16.3. The Morgan fingerprint density at radius 1 is 0.853 bits per heavy atom. The summed E-state index contributed by atoms with van der Waals surface area (Å²) in [7, 11) is 0. The van der Waals surface area contributed by atoms with Gasteiger partial charge in [0, 0.05) is 5.92 Å². The van der Waals surface area contributed by atoms with Crippen LogP contribution in [0.15, 0.2) is 48.5 Å². The fraction of sp³-hybridized carbons (Fsp3) is 0.444. The summed E-state index contributed by atoms with van der Waals surface area (Å²) in [5, 5.41) is 15.0. The van der Waals surface area contributed by atoms with E-state index in [2.05, 4.69) is 34.9 Å². The second-order valence-electron chi connectivity index (χ2n) is 9.90. The maximum absolute atomic E-state index is 13.3. The second-order valence-corrected chi connectivity index (χ2v) is 9.90. The number of nitrogens with one attached hydrogen (secondary N) is 2. The van der Waals surface area contributed by atoms with Gasteiger partial charge in [0.1, 0.15) is 12.1 Å². The largest absolute Gasteiger partial charge is 0.481 e. The minimum Gasteiger partial charge on any atom is -0.481 e. The predicted octanol–water partition coefficient (Wildman–Crippen LogP) is 4.35. The first-order chi connectivity index (χ1) is 16.4. The van der Waals surface area contributed by atoms with Gasteiger partial charge in [-0.3, -0.25) is 9.59 Å². The van der Waals surface area contributed by atoms with Crippen LogP contribution in [-0.2, 0) is 14.3 Å². The summed E-state index contributed by atoms with van der Waals surface area (Å²) in [5.74, 6) is -1.28. The molecule has 0 aliphatic heterocycles. The smallest absolute Gasteiger partial charge is 0.408 e. The molecule has 0 unspecified atom stereocenters. The number of carbonyl (C=O) groups excluding carboxylic acids is 2. The highest BCUT2D eigenvalue weighted by atomic mass is 16.5. The molecule has 0 spiro atoms. The summed E-state index contributed by atoms with van der Waals surface area (Å²) >= 11 is 0.